The molecule has 0 unspecified atom stereocenters. The number of hydrogen-bond donors (Lipinski definition) is 0. The molecule has 3 nitrogen and oxygen atoms in total. The van der Waals surface area contributed by atoms with Crippen LogP contribution >= 0.6 is 10.7 Å². The lowest BCUT2D eigenvalue weighted by atomic mass is 9.90. The topological polar surface area (TPSA) is 37.4 Å². The van der Waals surface area contributed by atoms with E-state index in [0.717, 1.165) is 37.9 Å². The summed E-state index contributed by atoms with van der Waals surface area (Å²) in [5.41, 5.74) is 0.739. The lowest BCUT2D eigenvalue weighted by Crippen LogP contribution is -2.38. The molecule has 0 saturated carbocycles. The molecule has 17 heavy (non-hydrogen) atoms. The fourth-order valence-electron chi connectivity index (χ4n) is 2.38. The van der Waals surface area contributed by atoms with Gasteiger partial charge in [-0.15, -0.1) is 0 Å². The molecule has 5 heteroatoms. The Bertz CT molecular complexity index is 357. The van der Waals surface area contributed by atoms with Crippen molar-refractivity contribution in [3.05, 3.63) is 12.2 Å². The Morgan fingerprint density at radius 2 is 1.94 bits per heavy atom. The zero-order valence-electron chi connectivity index (χ0n) is 10.7. The average Bonchev–Trinajstić information content (AvgIpc) is 2.15. The summed E-state index contributed by atoms with van der Waals surface area (Å²) in [5.74, 6) is 0.481. The minimum atomic E-state index is -3.44. The molecule has 0 bridgehead atoms. The monoisotopic (exact) mass is 279 g/mol. The minimum absolute atomic E-state index is 0.0844. The molecule has 0 N–H and O–H groups in total. The second-order valence-electron chi connectivity index (χ2n) is 5.21. The van der Waals surface area contributed by atoms with Gasteiger partial charge < -0.3 is 4.90 Å². The van der Waals surface area contributed by atoms with E-state index in [4.69, 9.17) is 10.7 Å². The summed E-state index contributed by atoms with van der Waals surface area (Å²) in [5, 5.41) is 0. The summed E-state index contributed by atoms with van der Waals surface area (Å²) in [6.45, 7) is 10.4. The summed E-state index contributed by atoms with van der Waals surface area (Å²) >= 11 is 0. The van der Waals surface area contributed by atoms with E-state index in [0.29, 0.717) is 12.0 Å². The lowest BCUT2D eigenvalue weighted by molar-refractivity contribution is 0.149. The standard InChI is InChI=1S/C12H22ClNO2S/c1-10(2)14-6-4-12(5-7-14)8-11(3)9-17(13,15)16/h10,12H,3-9H2,1-2H3. The van der Waals surface area contributed by atoms with Gasteiger partial charge in [0.15, 0.2) is 0 Å². The van der Waals surface area contributed by atoms with Gasteiger partial charge in [0.1, 0.15) is 0 Å². The Balaban J connectivity index is 2.33. The van der Waals surface area contributed by atoms with E-state index in [-0.39, 0.29) is 5.75 Å². The van der Waals surface area contributed by atoms with Crippen molar-refractivity contribution in [1.82, 2.24) is 4.90 Å². The molecule has 100 valence electrons. The van der Waals surface area contributed by atoms with Crippen LogP contribution in [0.15, 0.2) is 12.2 Å². The molecule has 1 aliphatic heterocycles. The molecule has 0 aromatic heterocycles. The highest BCUT2D eigenvalue weighted by Gasteiger charge is 2.22. The highest BCUT2D eigenvalue weighted by Crippen LogP contribution is 2.25. The smallest absolute Gasteiger partial charge is 0.236 e. The normalized spacial score (nSPS) is 19.8. The molecular weight excluding hydrogens is 258 g/mol. The summed E-state index contributed by atoms with van der Waals surface area (Å²) < 4.78 is 21.8. The van der Waals surface area contributed by atoms with E-state index < -0.39 is 9.05 Å². The fraction of sp³-hybridized carbons (Fsp3) is 0.833. The van der Waals surface area contributed by atoms with Gasteiger partial charge in [-0.2, -0.15) is 0 Å². The van der Waals surface area contributed by atoms with E-state index in [1.54, 1.807) is 0 Å². The maximum atomic E-state index is 10.9. The van der Waals surface area contributed by atoms with Crippen LogP contribution in [0.1, 0.15) is 33.1 Å². The van der Waals surface area contributed by atoms with Gasteiger partial charge in [-0.3, -0.25) is 0 Å². The molecule has 0 spiro atoms. The average molecular weight is 280 g/mol. The molecule has 0 radical (unpaired) electrons. The van der Waals surface area contributed by atoms with Gasteiger partial charge in [0.25, 0.3) is 0 Å². The van der Waals surface area contributed by atoms with Gasteiger partial charge in [0, 0.05) is 16.7 Å². The SMILES string of the molecule is C=C(CC1CCN(C(C)C)CC1)CS(=O)(=O)Cl. The minimum Gasteiger partial charge on any atom is -0.301 e. The number of nitrogens with zero attached hydrogens (tertiary/aromatic N) is 1. The van der Waals surface area contributed by atoms with Crippen molar-refractivity contribution in [2.24, 2.45) is 5.92 Å². The molecule has 0 aliphatic carbocycles. The molecule has 1 heterocycles. The van der Waals surface area contributed by atoms with Gasteiger partial charge in [0.05, 0.1) is 5.75 Å². The number of piperidine rings is 1. The van der Waals surface area contributed by atoms with Crippen LogP contribution in [0.4, 0.5) is 0 Å². The van der Waals surface area contributed by atoms with Crippen LogP contribution in [0.5, 0.6) is 0 Å². The third-order valence-corrected chi connectivity index (χ3v) is 4.41. The Morgan fingerprint density at radius 3 is 2.35 bits per heavy atom. The second-order valence-corrected chi connectivity index (χ2v) is 7.99. The zero-order chi connectivity index (χ0) is 13.1. The van der Waals surface area contributed by atoms with Gasteiger partial charge in [-0.05, 0) is 52.1 Å². The largest absolute Gasteiger partial charge is 0.301 e. The Labute approximate surface area is 109 Å². The number of rotatable bonds is 5. The molecule has 1 aliphatic rings. The first-order valence-electron chi connectivity index (χ1n) is 6.11. The highest BCUT2D eigenvalue weighted by molar-refractivity contribution is 8.13. The maximum Gasteiger partial charge on any atom is 0.236 e. The van der Waals surface area contributed by atoms with Crippen LogP contribution in [-0.2, 0) is 9.05 Å². The van der Waals surface area contributed by atoms with Crippen molar-refractivity contribution in [1.29, 1.82) is 0 Å². The van der Waals surface area contributed by atoms with E-state index in [1.807, 2.05) is 0 Å². The van der Waals surface area contributed by atoms with E-state index in [2.05, 4.69) is 25.3 Å². The van der Waals surface area contributed by atoms with Gasteiger partial charge >= 0.3 is 0 Å². The van der Waals surface area contributed by atoms with Crippen LogP contribution in [0, 0.1) is 5.92 Å². The van der Waals surface area contributed by atoms with Crippen LogP contribution in [0.2, 0.25) is 0 Å². The van der Waals surface area contributed by atoms with Crippen molar-refractivity contribution in [2.75, 3.05) is 18.8 Å². The molecular formula is C12H22ClNO2S. The van der Waals surface area contributed by atoms with Crippen molar-refractivity contribution in [3.8, 4) is 0 Å². The van der Waals surface area contributed by atoms with Crippen LogP contribution in [0.3, 0.4) is 0 Å². The van der Waals surface area contributed by atoms with Crippen LogP contribution in [-0.4, -0.2) is 38.2 Å². The van der Waals surface area contributed by atoms with Crippen LogP contribution in [0.25, 0.3) is 0 Å². The van der Waals surface area contributed by atoms with Crippen molar-refractivity contribution in [3.63, 3.8) is 0 Å². The summed E-state index contributed by atoms with van der Waals surface area (Å²) in [7, 11) is 1.78. The Hall–Kier alpha value is -0.0600. The summed E-state index contributed by atoms with van der Waals surface area (Å²) in [4.78, 5) is 2.46. The fourth-order valence-corrected chi connectivity index (χ4v) is 3.45. The third-order valence-electron chi connectivity index (χ3n) is 3.33. The van der Waals surface area contributed by atoms with Crippen LogP contribution < -0.4 is 0 Å². The first-order chi connectivity index (χ1) is 7.78. The van der Waals surface area contributed by atoms with Gasteiger partial charge in [0.2, 0.25) is 9.05 Å². The summed E-state index contributed by atoms with van der Waals surface area (Å²) in [6, 6.07) is 0.599. The van der Waals surface area contributed by atoms with Crippen molar-refractivity contribution in [2.45, 2.75) is 39.2 Å². The predicted octanol–water partition coefficient (Wildman–Crippen LogP) is 2.62. The van der Waals surface area contributed by atoms with Gasteiger partial charge in [-0.1, -0.05) is 12.2 Å². The highest BCUT2D eigenvalue weighted by atomic mass is 35.7. The maximum absolute atomic E-state index is 10.9. The molecule has 0 atom stereocenters. The molecule has 0 aromatic rings. The molecule has 1 fully saturated rings. The van der Waals surface area contributed by atoms with E-state index in [1.165, 1.54) is 0 Å². The lowest BCUT2D eigenvalue weighted by Gasteiger charge is -2.34. The molecule has 1 rings (SSSR count). The van der Waals surface area contributed by atoms with Gasteiger partial charge in [-0.25, -0.2) is 8.42 Å². The number of hydrogen-bond acceptors (Lipinski definition) is 3. The van der Waals surface area contributed by atoms with E-state index in [9.17, 15) is 8.42 Å². The number of likely N-dealkylation sites (tertiary alicyclic amines) is 1. The first-order valence-corrected chi connectivity index (χ1v) is 8.59. The van der Waals surface area contributed by atoms with E-state index >= 15 is 0 Å². The number of halogens is 1. The first kappa shape index (κ1) is 15.0. The predicted molar refractivity (Wildman–Crippen MR) is 72.8 cm³/mol. The summed E-state index contributed by atoms with van der Waals surface area (Å²) in [6.07, 6.45) is 3.04. The third kappa shape index (κ3) is 5.89. The molecule has 0 aromatic carbocycles. The zero-order valence-corrected chi connectivity index (χ0v) is 12.2. The Kier molecular flexibility index (Phi) is 5.48. The van der Waals surface area contributed by atoms with Crippen molar-refractivity contribution < 1.29 is 8.42 Å². The molecule has 0 amide bonds. The quantitative estimate of drug-likeness (QED) is 0.573. The Morgan fingerprint density at radius 1 is 1.41 bits per heavy atom. The molecule has 1 saturated heterocycles. The van der Waals surface area contributed by atoms with Crippen molar-refractivity contribution >= 4 is 19.7 Å². The second kappa shape index (κ2) is 6.21.